The molecular weight excluding hydrogens is 398 g/mol. The Labute approximate surface area is 180 Å². The van der Waals surface area contributed by atoms with E-state index in [1.54, 1.807) is 44.4 Å². The largest absolute Gasteiger partial charge is 0.505 e. The summed E-state index contributed by atoms with van der Waals surface area (Å²) >= 11 is 0. The van der Waals surface area contributed by atoms with Gasteiger partial charge in [0.05, 0.1) is 23.6 Å². The van der Waals surface area contributed by atoms with Crippen LogP contribution in [0.4, 0.5) is 17.1 Å². The lowest BCUT2D eigenvalue weighted by Crippen LogP contribution is -2.42. The molecule has 8 heteroatoms. The number of rotatable bonds is 8. The predicted molar refractivity (Wildman–Crippen MR) is 120 cm³/mol. The van der Waals surface area contributed by atoms with Crippen LogP contribution in [0.25, 0.3) is 0 Å². The molecule has 31 heavy (non-hydrogen) atoms. The maximum absolute atomic E-state index is 12.4. The Morgan fingerprint density at radius 3 is 2.45 bits per heavy atom. The highest BCUT2D eigenvalue weighted by atomic mass is 16.3. The highest BCUT2D eigenvalue weighted by Gasteiger charge is 2.30. The number of nitrogens with zero attached hydrogens (tertiary/aromatic N) is 2. The fourth-order valence-corrected chi connectivity index (χ4v) is 3.60. The van der Waals surface area contributed by atoms with Crippen LogP contribution in [0.5, 0.6) is 5.75 Å². The van der Waals surface area contributed by atoms with Crippen molar-refractivity contribution in [1.82, 2.24) is 4.90 Å². The van der Waals surface area contributed by atoms with Crippen molar-refractivity contribution in [2.45, 2.75) is 32.7 Å². The van der Waals surface area contributed by atoms with Crippen molar-refractivity contribution in [3.8, 4) is 5.75 Å². The number of furan rings is 1. The third kappa shape index (κ3) is 3.93. The van der Waals surface area contributed by atoms with Gasteiger partial charge in [0.2, 0.25) is 0 Å². The van der Waals surface area contributed by atoms with Crippen molar-refractivity contribution >= 4 is 23.0 Å². The lowest BCUT2D eigenvalue weighted by molar-refractivity contribution is 0.0824. The quantitative estimate of drug-likeness (QED) is 0.422. The maximum Gasteiger partial charge on any atom is 0.257 e. The zero-order valence-corrected chi connectivity index (χ0v) is 18.4. The molecule has 1 atom stereocenters. The fourth-order valence-electron chi connectivity index (χ4n) is 3.60. The topological polar surface area (TPSA) is 103 Å². The first-order valence-corrected chi connectivity index (χ1v) is 10.1. The van der Waals surface area contributed by atoms with Gasteiger partial charge in [-0.15, -0.1) is 0 Å². The lowest BCUT2D eigenvalue weighted by Gasteiger charge is -2.30. The number of carbonyl (C=O) groups is 1. The Hall–Kier alpha value is -3.55. The number of para-hydroxylation sites is 1. The summed E-state index contributed by atoms with van der Waals surface area (Å²) in [5.74, 6) is 0.0508. The van der Waals surface area contributed by atoms with Crippen LogP contribution in [-0.2, 0) is 6.42 Å². The molecule has 0 aliphatic carbocycles. The standard InChI is InChI=1S/C23H27N3O5/c1-6-13-11-17(31-12-13)16(7-2)26(5)19-18(21(28)22(19)29)24-15-10-8-9-14(20(15)27)23(30)25(3)4/h8-12,16,24,27H,6-7H2,1-5H3/t16-/m1/s1. The highest BCUT2D eigenvalue weighted by Crippen LogP contribution is 2.36. The van der Waals surface area contributed by atoms with Gasteiger partial charge >= 0.3 is 0 Å². The Balaban J connectivity index is 1.95. The molecular formula is C23H27N3O5. The van der Waals surface area contributed by atoms with Gasteiger partial charge in [-0.05, 0) is 36.6 Å². The summed E-state index contributed by atoms with van der Waals surface area (Å²) in [5.41, 5.74) is 0.344. The van der Waals surface area contributed by atoms with Crippen molar-refractivity contribution in [2.24, 2.45) is 0 Å². The number of phenolic OH excluding ortho intramolecular Hbond substituents is 1. The van der Waals surface area contributed by atoms with Gasteiger partial charge in [-0.25, -0.2) is 0 Å². The van der Waals surface area contributed by atoms with E-state index in [4.69, 9.17) is 4.42 Å². The first kappa shape index (κ1) is 22.1. The Morgan fingerprint density at radius 1 is 1.16 bits per heavy atom. The number of amides is 1. The lowest BCUT2D eigenvalue weighted by atomic mass is 10.1. The van der Waals surface area contributed by atoms with E-state index in [0.29, 0.717) is 12.2 Å². The van der Waals surface area contributed by atoms with Gasteiger partial charge in [0, 0.05) is 21.1 Å². The summed E-state index contributed by atoms with van der Waals surface area (Å²) in [5, 5.41) is 13.4. The number of hydrogen-bond acceptors (Lipinski definition) is 7. The molecule has 1 aromatic heterocycles. The number of anilines is 3. The fraction of sp³-hybridized carbons (Fsp3) is 0.348. The Kier molecular flexibility index (Phi) is 6.19. The summed E-state index contributed by atoms with van der Waals surface area (Å²) in [4.78, 5) is 40.1. The van der Waals surface area contributed by atoms with E-state index in [1.807, 2.05) is 19.9 Å². The van der Waals surface area contributed by atoms with Crippen LogP contribution in [0, 0.1) is 0 Å². The molecule has 3 aromatic rings. The third-order valence-electron chi connectivity index (χ3n) is 5.44. The minimum Gasteiger partial charge on any atom is -0.505 e. The average molecular weight is 425 g/mol. The molecule has 0 saturated heterocycles. The van der Waals surface area contributed by atoms with Crippen LogP contribution in [0.2, 0.25) is 0 Å². The van der Waals surface area contributed by atoms with E-state index in [-0.39, 0.29) is 40.3 Å². The molecule has 0 radical (unpaired) electrons. The second kappa shape index (κ2) is 8.67. The molecule has 0 fully saturated rings. The van der Waals surface area contributed by atoms with Gasteiger partial charge in [0.15, 0.2) is 5.75 Å². The summed E-state index contributed by atoms with van der Waals surface area (Å²) in [7, 11) is 4.89. The normalized spacial score (nSPS) is 12.0. The summed E-state index contributed by atoms with van der Waals surface area (Å²) < 4.78 is 5.68. The Morgan fingerprint density at radius 2 is 1.87 bits per heavy atom. The van der Waals surface area contributed by atoms with Crippen LogP contribution in [0.3, 0.4) is 0 Å². The summed E-state index contributed by atoms with van der Waals surface area (Å²) in [6.45, 7) is 4.00. The molecule has 2 N–H and O–H groups in total. The summed E-state index contributed by atoms with van der Waals surface area (Å²) in [6.07, 6.45) is 3.18. The van der Waals surface area contributed by atoms with E-state index in [2.05, 4.69) is 5.32 Å². The minimum atomic E-state index is -0.672. The molecule has 8 nitrogen and oxygen atoms in total. The average Bonchev–Trinajstić information content (AvgIpc) is 3.23. The van der Waals surface area contributed by atoms with Crippen molar-refractivity contribution in [3.63, 3.8) is 0 Å². The van der Waals surface area contributed by atoms with E-state index >= 15 is 0 Å². The minimum absolute atomic E-state index is 0.0815. The van der Waals surface area contributed by atoms with Gasteiger partial charge in [0.25, 0.3) is 16.8 Å². The van der Waals surface area contributed by atoms with Crippen LogP contribution in [0.1, 0.15) is 48.0 Å². The van der Waals surface area contributed by atoms with Crippen molar-refractivity contribution in [3.05, 3.63) is 67.9 Å². The molecule has 0 saturated carbocycles. The van der Waals surface area contributed by atoms with Gasteiger partial charge in [-0.3, -0.25) is 14.4 Å². The second-order valence-electron chi connectivity index (χ2n) is 7.65. The second-order valence-corrected chi connectivity index (χ2v) is 7.65. The molecule has 0 aliphatic heterocycles. The monoisotopic (exact) mass is 425 g/mol. The van der Waals surface area contributed by atoms with Gasteiger partial charge in [0.1, 0.15) is 17.1 Å². The number of aromatic hydroxyl groups is 1. The molecule has 0 spiro atoms. The number of nitrogens with one attached hydrogen (secondary N) is 1. The molecule has 0 aliphatic rings. The number of phenols is 1. The van der Waals surface area contributed by atoms with Gasteiger partial charge < -0.3 is 24.6 Å². The summed E-state index contributed by atoms with van der Waals surface area (Å²) in [6, 6.07) is 6.34. The van der Waals surface area contributed by atoms with Gasteiger partial charge in [-0.2, -0.15) is 0 Å². The molecule has 2 aromatic carbocycles. The van der Waals surface area contributed by atoms with E-state index in [1.165, 1.54) is 11.0 Å². The van der Waals surface area contributed by atoms with Crippen molar-refractivity contribution < 1.29 is 14.3 Å². The number of hydrogen-bond donors (Lipinski definition) is 2. The third-order valence-corrected chi connectivity index (χ3v) is 5.44. The molecule has 0 bridgehead atoms. The molecule has 3 rings (SSSR count). The zero-order chi connectivity index (χ0) is 22.9. The van der Waals surface area contributed by atoms with Gasteiger partial charge in [-0.1, -0.05) is 19.9 Å². The first-order valence-electron chi connectivity index (χ1n) is 10.1. The molecule has 164 valence electrons. The Bertz CT molecular complexity index is 1170. The zero-order valence-electron chi connectivity index (χ0n) is 18.4. The van der Waals surface area contributed by atoms with Crippen LogP contribution in [0.15, 0.2) is 44.5 Å². The van der Waals surface area contributed by atoms with E-state index in [0.717, 1.165) is 12.0 Å². The molecule has 1 amide bonds. The SMILES string of the molecule is CCc1coc([C@@H](CC)N(C)c2c(Nc3cccc(C(=O)N(C)C)c3O)c(=O)c2=O)c1. The number of benzene rings is 1. The first-order chi connectivity index (χ1) is 14.7. The maximum atomic E-state index is 12.4. The van der Waals surface area contributed by atoms with Crippen molar-refractivity contribution in [2.75, 3.05) is 31.4 Å². The molecule has 0 unspecified atom stereocenters. The van der Waals surface area contributed by atoms with Crippen LogP contribution in [-0.4, -0.2) is 37.1 Å². The highest BCUT2D eigenvalue weighted by molar-refractivity contribution is 5.99. The number of aryl methyl sites for hydroxylation is 1. The van der Waals surface area contributed by atoms with Crippen LogP contribution < -0.4 is 21.1 Å². The van der Waals surface area contributed by atoms with E-state index in [9.17, 15) is 19.5 Å². The van der Waals surface area contributed by atoms with E-state index < -0.39 is 10.9 Å². The number of carbonyl (C=O) groups excluding carboxylic acids is 1. The smallest absolute Gasteiger partial charge is 0.257 e. The van der Waals surface area contributed by atoms with Crippen LogP contribution >= 0.6 is 0 Å². The molecule has 1 heterocycles. The predicted octanol–water partition coefficient (Wildman–Crippen LogP) is 3.18. The van der Waals surface area contributed by atoms with Crippen molar-refractivity contribution in [1.29, 1.82) is 0 Å².